The highest BCUT2D eigenvalue weighted by Crippen LogP contribution is 2.15. The maximum absolute atomic E-state index is 10.9. The van der Waals surface area contributed by atoms with Crippen molar-refractivity contribution in [2.24, 2.45) is 0 Å². The second-order valence-electron chi connectivity index (χ2n) is 0.623. The van der Waals surface area contributed by atoms with Crippen LogP contribution in [0.4, 0.5) is 8.78 Å². The van der Waals surface area contributed by atoms with Gasteiger partial charge in [-0.05, 0) is 18.0 Å². The Hall–Kier alpha value is -0.290. The van der Waals surface area contributed by atoms with E-state index >= 15 is 0 Å². The van der Waals surface area contributed by atoms with Crippen LogP contribution in [-0.2, 0) is 0 Å². The molecule has 0 aromatic carbocycles. The summed E-state index contributed by atoms with van der Waals surface area (Å²) < 4.78 is 21.8. The maximum atomic E-state index is 10.9. The van der Waals surface area contributed by atoms with Gasteiger partial charge in [-0.1, -0.05) is 0 Å². The Balaban J connectivity index is 3.55. The Kier molecular flexibility index (Phi) is 1.37. The Labute approximate surface area is 39.1 Å². The molecule has 3 heteroatoms. The molecule has 0 heterocycles. The molecule has 0 saturated carbocycles. The molecule has 0 spiro atoms. The monoisotopic (exact) mass is 109 g/mol. The molecular weight excluding hydrogens is 109 g/mol. The van der Waals surface area contributed by atoms with E-state index in [1.54, 1.807) is 0 Å². The molecule has 1 radical (unpaired) electrons. The number of halogens is 3. The van der Waals surface area contributed by atoms with Gasteiger partial charge in [0.25, 0.3) is 0 Å². The van der Waals surface area contributed by atoms with Crippen LogP contribution < -0.4 is 0 Å². The standard InChI is InChI=1S/C3ClF2/c1-2-3(4,5)6. The second-order valence-corrected chi connectivity index (χ2v) is 1.10. The van der Waals surface area contributed by atoms with Gasteiger partial charge < -0.3 is 0 Å². The number of alkyl halides is 3. The van der Waals surface area contributed by atoms with Crippen LogP contribution in [0.2, 0.25) is 0 Å². The number of hydrogen-bond acceptors (Lipinski definition) is 0. The zero-order valence-corrected chi connectivity index (χ0v) is 3.39. The molecule has 0 N–H and O–H groups in total. The molecule has 0 atom stereocenters. The van der Waals surface area contributed by atoms with Gasteiger partial charge in [0, 0.05) is 5.92 Å². The van der Waals surface area contributed by atoms with Gasteiger partial charge in [0.2, 0.25) is 0 Å². The molecule has 0 aliphatic heterocycles. The van der Waals surface area contributed by atoms with Crippen molar-refractivity contribution >= 4 is 11.6 Å². The van der Waals surface area contributed by atoms with E-state index < -0.39 is 5.38 Å². The minimum atomic E-state index is -3.57. The SMILES string of the molecule is [C]#CC(F)(F)Cl. The van der Waals surface area contributed by atoms with Gasteiger partial charge in [-0.3, -0.25) is 0 Å². The van der Waals surface area contributed by atoms with Crippen molar-refractivity contribution in [1.29, 1.82) is 0 Å². The minimum Gasteiger partial charge on any atom is -0.175 e. The van der Waals surface area contributed by atoms with Crippen LogP contribution in [0, 0.1) is 12.3 Å². The molecule has 0 nitrogen and oxygen atoms in total. The average molecular weight is 109 g/mol. The highest BCUT2D eigenvalue weighted by molar-refractivity contribution is 6.23. The summed E-state index contributed by atoms with van der Waals surface area (Å²) in [5.74, 6) is 0.786. The van der Waals surface area contributed by atoms with Gasteiger partial charge >= 0.3 is 5.38 Å². The van der Waals surface area contributed by atoms with E-state index in [4.69, 9.17) is 6.42 Å². The fourth-order valence-corrected chi connectivity index (χ4v) is 0. The summed E-state index contributed by atoms with van der Waals surface area (Å²) in [6.07, 6.45) is 5.72. The van der Waals surface area contributed by atoms with Gasteiger partial charge in [0.05, 0.1) is 0 Å². The summed E-state index contributed by atoms with van der Waals surface area (Å²) in [6.45, 7) is 0. The predicted octanol–water partition coefficient (Wildman–Crippen LogP) is 1.41. The molecule has 0 aliphatic rings. The Morgan fingerprint density at radius 3 is 1.83 bits per heavy atom. The third kappa shape index (κ3) is 3.71. The van der Waals surface area contributed by atoms with E-state index in [2.05, 4.69) is 11.6 Å². The van der Waals surface area contributed by atoms with E-state index in [9.17, 15) is 8.78 Å². The lowest BCUT2D eigenvalue weighted by Crippen LogP contribution is -1.97. The van der Waals surface area contributed by atoms with Crippen molar-refractivity contribution in [3.05, 3.63) is 6.42 Å². The molecule has 0 unspecified atom stereocenters. The van der Waals surface area contributed by atoms with Crippen LogP contribution in [0.15, 0.2) is 0 Å². The first-order valence-corrected chi connectivity index (χ1v) is 1.44. The molecule has 0 bridgehead atoms. The summed E-state index contributed by atoms with van der Waals surface area (Å²) in [6, 6.07) is 0. The summed E-state index contributed by atoms with van der Waals surface area (Å²) in [4.78, 5) is 0. The normalized spacial score (nSPS) is 10.3. The summed E-state index contributed by atoms with van der Waals surface area (Å²) in [5.41, 5.74) is 0. The fourth-order valence-electron chi connectivity index (χ4n) is 0. The van der Waals surface area contributed by atoms with E-state index in [-0.39, 0.29) is 0 Å². The lowest BCUT2D eigenvalue weighted by molar-refractivity contribution is 0.164. The van der Waals surface area contributed by atoms with E-state index in [0.29, 0.717) is 0 Å². The van der Waals surface area contributed by atoms with Gasteiger partial charge in [0.15, 0.2) is 0 Å². The minimum absolute atomic E-state index is 0.786. The topological polar surface area (TPSA) is 0 Å². The molecular formula is C3ClF2. The summed E-state index contributed by atoms with van der Waals surface area (Å²) in [7, 11) is 0. The number of hydrogen-bond donors (Lipinski definition) is 0. The van der Waals surface area contributed by atoms with E-state index in [1.807, 2.05) is 0 Å². The quantitative estimate of drug-likeness (QED) is 0.326. The van der Waals surface area contributed by atoms with Crippen LogP contribution >= 0.6 is 11.6 Å². The highest BCUT2D eigenvalue weighted by Gasteiger charge is 2.18. The third-order valence-corrected chi connectivity index (χ3v) is 0.236. The van der Waals surface area contributed by atoms with Crippen molar-refractivity contribution < 1.29 is 8.78 Å². The molecule has 33 valence electrons. The lowest BCUT2D eigenvalue weighted by atomic mass is 10.7. The van der Waals surface area contributed by atoms with Gasteiger partial charge in [-0.15, -0.1) is 0 Å². The van der Waals surface area contributed by atoms with Crippen LogP contribution in [0.5, 0.6) is 0 Å². The number of rotatable bonds is 0. The molecule has 6 heavy (non-hydrogen) atoms. The largest absolute Gasteiger partial charge is 0.386 e. The summed E-state index contributed by atoms with van der Waals surface area (Å²) >= 11 is 4.09. The van der Waals surface area contributed by atoms with Crippen molar-refractivity contribution in [1.82, 2.24) is 0 Å². The summed E-state index contributed by atoms with van der Waals surface area (Å²) in [5, 5.41) is -3.57. The van der Waals surface area contributed by atoms with Gasteiger partial charge in [0.1, 0.15) is 0 Å². The first kappa shape index (κ1) is 5.71. The molecule has 0 aromatic rings. The Bertz CT molecular complexity index is 75.8. The molecule has 0 fully saturated rings. The average Bonchev–Trinajstić information content (AvgIpc) is 1.35. The van der Waals surface area contributed by atoms with Gasteiger partial charge in [-0.25, -0.2) is 0 Å². The predicted molar refractivity (Wildman–Crippen MR) is 17.9 cm³/mol. The van der Waals surface area contributed by atoms with Crippen molar-refractivity contribution in [2.75, 3.05) is 0 Å². The van der Waals surface area contributed by atoms with Crippen LogP contribution in [0.3, 0.4) is 0 Å². The molecule has 0 aliphatic carbocycles. The highest BCUT2D eigenvalue weighted by atomic mass is 35.5. The molecule has 0 rings (SSSR count). The van der Waals surface area contributed by atoms with Crippen LogP contribution in [0.1, 0.15) is 0 Å². The first-order chi connectivity index (χ1) is 2.56. The van der Waals surface area contributed by atoms with Gasteiger partial charge in [-0.2, -0.15) is 8.78 Å². The maximum Gasteiger partial charge on any atom is 0.386 e. The first-order valence-electron chi connectivity index (χ1n) is 1.07. The molecule has 0 saturated heterocycles. The smallest absolute Gasteiger partial charge is 0.175 e. The molecule has 0 aromatic heterocycles. The lowest BCUT2D eigenvalue weighted by Gasteiger charge is -1.89. The van der Waals surface area contributed by atoms with Crippen molar-refractivity contribution in [3.8, 4) is 5.92 Å². The Morgan fingerprint density at radius 1 is 1.67 bits per heavy atom. The fraction of sp³-hybridized carbons (Fsp3) is 0.333. The molecule has 0 amide bonds. The van der Waals surface area contributed by atoms with E-state index in [0.717, 1.165) is 5.92 Å². The third-order valence-electron chi connectivity index (χ3n) is 0.142. The van der Waals surface area contributed by atoms with E-state index in [1.165, 1.54) is 0 Å². The zero-order valence-electron chi connectivity index (χ0n) is 2.63. The van der Waals surface area contributed by atoms with Crippen LogP contribution in [-0.4, -0.2) is 5.38 Å². The second kappa shape index (κ2) is 1.44. The van der Waals surface area contributed by atoms with Crippen molar-refractivity contribution in [2.45, 2.75) is 5.38 Å². The zero-order chi connectivity index (χ0) is 5.21. The van der Waals surface area contributed by atoms with Crippen LogP contribution in [0.25, 0.3) is 0 Å². The van der Waals surface area contributed by atoms with Crippen molar-refractivity contribution in [3.63, 3.8) is 0 Å². The Morgan fingerprint density at radius 2 is 1.83 bits per heavy atom.